The van der Waals surface area contributed by atoms with Crippen molar-refractivity contribution in [1.29, 1.82) is 0 Å². The minimum absolute atomic E-state index is 0.685. The number of fused-ring (bicyclic) bond motifs is 1. The summed E-state index contributed by atoms with van der Waals surface area (Å²) in [5.41, 5.74) is 8.78. The summed E-state index contributed by atoms with van der Waals surface area (Å²) in [6.45, 7) is 3.05. The van der Waals surface area contributed by atoms with Crippen molar-refractivity contribution in [2.45, 2.75) is 49.2 Å². The number of hydrogen-bond acceptors (Lipinski definition) is 2. The lowest BCUT2D eigenvalue weighted by atomic mass is 10.1. The van der Waals surface area contributed by atoms with Crippen LogP contribution in [0.4, 0.5) is 0 Å². The van der Waals surface area contributed by atoms with Gasteiger partial charge in [-0.2, -0.15) is 0 Å². The van der Waals surface area contributed by atoms with E-state index in [-0.39, 0.29) is 0 Å². The van der Waals surface area contributed by atoms with Crippen LogP contribution in [0.15, 0.2) is 23.1 Å². The molecule has 1 atom stereocenters. The first-order chi connectivity index (χ1) is 7.83. The van der Waals surface area contributed by atoms with Crippen LogP contribution in [0, 0.1) is 0 Å². The lowest BCUT2D eigenvalue weighted by Gasteiger charge is -2.14. The van der Waals surface area contributed by atoms with E-state index in [9.17, 15) is 0 Å². The van der Waals surface area contributed by atoms with E-state index < -0.39 is 0 Å². The van der Waals surface area contributed by atoms with E-state index in [0.29, 0.717) is 5.25 Å². The van der Waals surface area contributed by atoms with E-state index in [1.807, 2.05) is 11.8 Å². The van der Waals surface area contributed by atoms with Crippen LogP contribution in [0.5, 0.6) is 0 Å². The van der Waals surface area contributed by atoms with E-state index in [4.69, 9.17) is 5.73 Å². The zero-order valence-corrected chi connectivity index (χ0v) is 10.9. The van der Waals surface area contributed by atoms with Gasteiger partial charge in [-0.3, -0.25) is 0 Å². The van der Waals surface area contributed by atoms with Crippen molar-refractivity contribution in [1.82, 2.24) is 0 Å². The minimum atomic E-state index is 0.685. The average molecular weight is 235 g/mol. The van der Waals surface area contributed by atoms with Crippen LogP contribution in [0.2, 0.25) is 0 Å². The molecular formula is C14H21NS. The van der Waals surface area contributed by atoms with Crippen molar-refractivity contribution < 1.29 is 0 Å². The van der Waals surface area contributed by atoms with Crippen molar-refractivity contribution in [3.63, 3.8) is 0 Å². The van der Waals surface area contributed by atoms with Crippen molar-refractivity contribution >= 4 is 11.8 Å². The predicted octanol–water partition coefficient (Wildman–Crippen LogP) is 3.39. The molecule has 0 bridgehead atoms. The number of nitrogens with two attached hydrogens (primary N) is 1. The van der Waals surface area contributed by atoms with Crippen molar-refractivity contribution in [3.8, 4) is 0 Å². The highest BCUT2D eigenvalue weighted by Gasteiger charge is 2.13. The Hall–Kier alpha value is -0.470. The van der Waals surface area contributed by atoms with Gasteiger partial charge >= 0.3 is 0 Å². The summed E-state index contributed by atoms with van der Waals surface area (Å²) in [5.74, 6) is 0. The van der Waals surface area contributed by atoms with E-state index in [2.05, 4.69) is 25.1 Å². The maximum Gasteiger partial charge on any atom is 0.0104 e. The van der Waals surface area contributed by atoms with Crippen molar-refractivity contribution in [2.75, 3.05) is 6.54 Å². The van der Waals surface area contributed by atoms with Crippen LogP contribution in [-0.2, 0) is 12.8 Å². The van der Waals surface area contributed by atoms with Gasteiger partial charge in [-0.25, -0.2) is 0 Å². The second kappa shape index (κ2) is 5.74. The Morgan fingerprint density at radius 3 is 2.88 bits per heavy atom. The molecule has 0 saturated heterocycles. The Bertz CT molecular complexity index is 349. The number of thioether (sulfide) groups is 1. The van der Waals surface area contributed by atoms with Crippen LogP contribution < -0.4 is 5.73 Å². The number of rotatable bonds is 5. The molecule has 0 spiro atoms. The van der Waals surface area contributed by atoms with Crippen LogP contribution in [0.1, 0.15) is 37.3 Å². The molecule has 0 radical (unpaired) electrons. The first-order valence-corrected chi connectivity index (χ1v) is 7.20. The number of aryl methyl sites for hydroxylation is 2. The predicted molar refractivity (Wildman–Crippen MR) is 72.1 cm³/mol. The molecule has 2 heteroatoms. The molecule has 0 aliphatic heterocycles. The molecular weight excluding hydrogens is 214 g/mol. The second-order valence-corrected chi connectivity index (χ2v) is 5.88. The van der Waals surface area contributed by atoms with Gasteiger partial charge in [0.15, 0.2) is 0 Å². The summed E-state index contributed by atoms with van der Waals surface area (Å²) >= 11 is 2.00. The summed E-state index contributed by atoms with van der Waals surface area (Å²) in [7, 11) is 0. The molecule has 1 aromatic carbocycles. The molecule has 1 nitrogen and oxygen atoms in total. The summed E-state index contributed by atoms with van der Waals surface area (Å²) in [4.78, 5) is 1.43. The Labute approximate surface area is 103 Å². The highest BCUT2D eigenvalue weighted by Crippen LogP contribution is 2.31. The normalized spacial score (nSPS) is 16.1. The molecule has 88 valence electrons. The zero-order valence-electron chi connectivity index (χ0n) is 10.0. The molecule has 1 aliphatic carbocycles. The van der Waals surface area contributed by atoms with Gasteiger partial charge in [0.1, 0.15) is 0 Å². The third kappa shape index (κ3) is 2.80. The van der Waals surface area contributed by atoms with Crippen molar-refractivity contribution in [2.24, 2.45) is 5.73 Å². The molecule has 0 aromatic heterocycles. The topological polar surface area (TPSA) is 26.0 Å². The molecule has 0 amide bonds. The molecule has 1 aromatic rings. The van der Waals surface area contributed by atoms with Crippen molar-refractivity contribution in [3.05, 3.63) is 29.3 Å². The minimum Gasteiger partial charge on any atom is -0.330 e. The van der Waals surface area contributed by atoms with Gasteiger partial charge in [-0.15, -0.1) is 11.8 Å². The van der Waals surface area contributed by atoms with E-state index in [0.717, 1.165) is 13.0 Å². The summed E-state index contributed by atoms with van der Waals surface area (Å²) in [6, 6.07) is 7.00. The number of benzene rings is 1. The smallest absolute Gasteiger partial charge is 0.0104 e. The van der Waals surface area contributed by atoms with E-state index >= 15 is 0 Å². The molecule has 2 rings (SSSR count). The lowest BCUT2D eigenvalue weighted by Crippen LogP contribution is -2.09. The van der Waals surface area contributed by atoms with Gasteiger partial charge in [0.25, 0.3) is 0 Å². The summed E-state index contributed by atoms with van der Waals surface area (Å²) < 4.78 is 0. The standard InChI is InChI=1S/C14H21NS/c1-2-13(8-9-15)16-14-7-6-11-4-3-5-12(11)10-14/h6-7,10,13H,2-5,8-9,15H2,1H3. The van der Waals surface area contributed by atoms with Gasteiger partial charge < -0.3 is 5.73 Å². The molecule has 0 fully saturated rings. The quantitative estimate of drug-likeness (QED) is 0.792. The fourth-order valence-corrected chi connectivity index (χ4v) is 3.51. The monoisotopic (exact) mass is 235 g/mol. The summed E-state index contributed by atoms with van der Waals surface area (Å²) in [5, 5.41) is 0.685. The molecule has 16 heavy (non-hydrogen) atoms. The fraction of sp³-hybridized carbons (Fsp3) is 0.571. The molecule has 1 unspecified atom stereocenters. The number of hydrogen-bond donors (Lipinski definition) is 1. The van der Waals surface area contributed by atoms with Gasteiger partial charge in [-0.1, -0.05) is 13.0 Å². The molecule has 2 N–H and O–H groups in total. The highest BCUT2D eigenvalue weighted by atomic mass is 32.2. The second-order valence-electron chi connectivity index (χ2n) is 4.51. The first kappa shape index (κ1) is 12.0. The van der Waals surface area contributed by atoms with Gasteiger partial charge in [0.05, 0.1) is 0 Å². The molecule has 0 saturated carbocycles. The van der Waals surface area contributed by atoms with Crippen LogP contribution in [0.3, 0.4) is 0 Å². The van der Waals surface area contributed by atoms with Crippen LogP contribution in [0.25, 0.3) is 0 Å². The van der Waals surface area contributed by atoms with E-state index in [1.165, 1.54) is 30.6 Å². The summed E-state index contributed by atoms with van der Waals surface area (Å²) in [6.07, 6.45) is 6.22. The third-order valence-electron chi connectivity index (χ3n) is 3.32. The largest absolute Gasteiger partial charge is 0.330 e. The fourth-order valence-electron chi connectivity index (χ4n) is 2.35. The first-order valence-electron chi connectivity index (χ1n) is 6.32. The Morgan fingerprint density at radius 2 is 2.12 bits per heavy atom. The Balaban J connectivity index is 2.04. The van der Waals surface area contributed by atoms with Crippen LogP contribution >= 0.6 is 11.8 Å². The Kier molecular flexibility index (Phi) is 4.30. The molecule has 0 heterocycles. The molecule has 1 aliphatic rings. The van der Waals surface area contributed by atoms with E-state index in [1.54, 1.807) is 11.1 Å². The average Bonchev–Trinajstić information content (AvgIpc) is 2.75. The van der Waals surface area contributed by atoms with Gasteiger partial charge in [0, 0.05) is 10.1 Å². The maximum atomic E-state index is 5.64. The van der Waals surface area contributed by atoms with Gasteiger partial charge in [0.2, 0.25) is 0 Å². The SMILES string of the molecule is CCC(CCN)Sc1ccc2c(c1)CCC2. The Morgan fingerprint density at radius 1 is 1.31 bits per heavy atom. The van der Waals surface area contributed by atoms with Crippen LogP contribution in [-0.4, -0.2) is 11.8 Å². The zero-order chi connectivity index (χ0) is 11.4. The third-order valence-corrected chi connectivity index (χ3v) is 4.75. The van der Waals surface area contributed by atoms with Gasteiger partial charge in [-0.05, 0) is 61.9 Å². The highest BCUT2D eigenvalue weighted by molar-refractivity contribution is 8.00. The maximum absolute atomic E-state index is 5.64. The lowest BCUT2D eigenvalue weighted by molar-refractivity contribution is 0.745.